The van der Waals surface area contributed by atoms with Gasteiger partial charge in [-0.1, -0.05) is 12.1 Å². The first-order valence-electron chi connectivity index (χ1n) is 6.72. The van der Waals surface area contributed by atoms with Gasteiger partial charge in [0.15, 0.2) is 0 Å². The topological polar surface area (TPSA) is 54.5 Å². The number of benzene rings is 1. The maximum absolute atomic E-state index is 12.9. The maximum Gasteiger partial charge on any atom is 0.224 e. The normalized spacial score (nSPS) is 12.2. The van der Waals surface area contributed by atoms with Crippen LogP contribution in [-0.4, -0.2) is 36.8 Å². The smallest absolute Gasteiger partial charge is 0.224 e. The van der Waals surface area contributed by atoms with Crippen LogP contribution >= 0.6 is 0 Å². The van der Waals surface area contributed by atoms with Gasteiger partial charge in [-0.15, -0.1) is 0 Å². The predicted molar refractivity (Wildman–Crippen MR) is 81.0 cm³/mol. The van der Waals surface area contributed by atoms with Gasteiger partial charge in [0, 0.05) is 24.8 Å². The van der Waals surface area contributed by atoms with Crippen molar-refractivity contribution in [2.24, 2.45) is 0 Å². The van der Waals surface area contributed by atoms with E-state index in [0.717, 1.165) is 11.8 Å². The van der Waals surface area contributed by atoms with Gasteiger partial charge in [0.1, 0.15) is 15.7 Å². The van der Waals surface area contributed by atoms with Crippen LogP contribution in [0.3, 0.4) is 0 Å². The van der Waals surface area contributed by atoms with E-state index in [1.54, 1.807) is 17.0 Å². The molecule has 0 aromatic heterocycles. The van der Waals surface area contributed by atoms with Crippen molar-refractivity contribution in [3.8, 4) is 0 Å². The van der Waals surface area contributed by atoms with Crippen LogP contribution in [0.25, 0.3) is 0 Å². The summed E-state index contributed by atoms with van der Waals surface area (Å²) in [6, 6.07) is 5.93. The minimum atomic E-state index is -3.17. The lowest BCUT2D eigenvalue weighted by molar-refractivity contribution is -0.136. The molecule has 1 aromatic carbocycles. The van der Waals surface area contributed by atoms with Crippen molar-refractivity contribution in [2.75, 3.05) is 12.0 Å². The van der Waals surface area contributed by atoms with Gasteiger partial charge in [-0.2, -0.15) is 0 Å². The van der Waals surface area contributed by atoms with E-state index in [4.69, 9.17) is 0 Å². The zero-order valence-electron chi connectivity index (χ0n) is 12.9. The second-order valence-corrected chi connectivity index (χ2v) is 8.42. The van der Waals surface area contributed by atoms with E-state index in [-0.39, 0.29) is 23.9 Å². The third-order valence-electron chi connectivity index (χ3n) is 3.05. The lowest BCUT2D eigenvalue weighted by atomic mass is 10.0. The van der Waals surface area contributed by atoms with E-state index in [0.29, 0.717) is 6.54 Å². The van der Waals surface area contributed by atoms with Crippen LogP contribution in [0.15, 0.2) is 24.3 Å². The van der Waals surface area contributed by atoms with Gasteiger partial charge in [0.2, 0.25) is 5.91 Å². The van der Waals surface area contributed by atoms with Crippen molar-refractivity contribution in [1.82, 2.24) is 4.90 Å². The van der Waals surface area contributed by atoms with Crippen molar-refractivity contribution >= 4 is 15.7 Å². The molecule has 0 spiro atoms. The Morgan fingerprint density at radius 3 is 2.14 bits per heavy atom. The Morgan fingerprint density at radius 2 is 1.71 bits per heavy atom. The number of nitrogens with zero attached hydrogens (tertiary/aromatic N) is 1. The molecule has 1 rings (SSSR count). The third kappa shape index (κ3) is 6.25. The van der Waals surface area contributed by atoms with Crippen molar-refractivity contribution in [3.05, 3.63) is 35.6 Å². The van der Waals surface area contributed by atoms with Crippen molar-refractivity contribution in [2.45, 2.75) is 39.3 Å². The number of carbonyl (C=O) groups excluding carboxylic acids is 1. The van der Waals surface area contributed by atoms with Crippen molar-refractivity contribution in [1.29, 1.82) is 0 Å². The Hall–Kier alpha value is -1.43. The number of hydrogen-bond acceptors (Lipinski definition) is 3. The van der Waals surface area contributed by atoms with Gasteiger partial charge in [0.05, 0.1) is 5.75 Å². The Kier molecular flexibility index (Phi) is 5.50. The Balaban J connectivity index is 2.86. The molecule has 1 aromatic rings. The number of hydrogen-bond donors (Lipinski definition) is 0. The van der Waals surface area contributed by atoms with E-state index < -0.39 is 15.4 Å². The molecule has 0 saturated heterocycles. The summed E-state index contributed by atoms with van der Waals surface area (Å²) >= 11 is 0. The summed E-state index contributed by atoms with van der Waals surface area (Å²) in [5.41, 5.74) is 0.363. The van der Waals surface area contributed by atoms with Crippen LogP contribution in [0.4, 0.5) is 4.39 Å². The summed E-state index contributed by atoms with van der Waals surface area (Å²) in [4.78, 5) is 13.9. The highest BCUT2D eigenvalue weighted by Crippen LogP contribution is 2.19. The second kappa shape index (κ2) is 6.56. The molecule has 1 amide bonds. The Morgan fingerprint density at radius 1 is 1.19 bits per heavy atom. The summed E-state index contributed by atoms with van der Waals surface area (Å²) < 4.78 is 35.3. The first kappa shape index (κ1) is 17.6. The molecule has 0 heterocycles. The van der Waals surface area contributed by atoms with Gasteiger partial charge >= 0.3 is 0 Å². The standard InChI is InChI=1S/C15H22FNO3S/c1-15(2,3)17(14(18)9-10-21(4,19)20)11-12-5-7-13(16)8-6-12/h5-8H,9-11H2,1-4H3. The van der Waals surface area contributed by atoms with E-state index in [2.05, 4.69) is 0 Å². The molecule has 0 unspecified atom stereocenters. The highest BCUT2D eigenvalue weighted by atomic mass is 32.2. The van der Waals surface area contributed by atoms with Crippen LogP contribution < -0.4 is 0 Å². The zero-order valence-corrected chi connectivity index (χ0v) is 13.7. The fourth-order valence-corrected chi connectivity index (χ4v) is 2.42. The van der Waals surface area contributed by atoms with E-state index >= 15 is 0 Å². The molecule has 0 N–H and O–H groups in total. The molecule has 0 fully saturated rings. The molecule has 0 radical (unpaired) electrons. The minimum Gasteiger partial charge on any atom is -0.334 e. The van der Waals surface area contributed by atoms with E-state index in [1.165, 1.54) is 12.1 Å². The molecule has 0 aliphatic heterocycles. The molecule has 4 nitrogen and oxygen atoms in total. The monoisotopic (exact) mass is 315 g/mol. The Labute approximate surface area is 125 Å². The molecule has 6 heteroatoms. The van der Waals surface area contributed by atoms with Gasteiger partial charge in [-0.25, -0.2) is 12.8 Å². The molecule has 0 aliphatic carbocycles. The first-order valence-corrected chi connectivity index (χ1v) is 8.78. The molecular weight excluding hydrogens is 293 g/mol. The molecule has 0 aliphatic rings. The number of sulfone groups is 1. The summed E-state index contributed by atoms with van der Waals surface area (Å²) in [7, 11) is -3.17. The number of halogens is 1. The number of rotatable bonds is 5. The molecule has 21 heavy (non-hydrogen) atoms. The van der Waals surface area contributed by atoms with Gasteiger partial charge in [-0.05, 0) is 38.5 Å². The lowest BCUT2D eigenvalue weighted by Crippen LogP contribution is -2.45. The maximum atomic E-state index is 12.9. The van der Waals surface area contributed by atoms with Gasteiger partial charge < -0.3 is 4.90 Å². The lowest BCUT2D eigenvalue weighted by Gasteiger charge is -2.36. The van der Waals surface area contributed by atoms with Crippen LogP contribution in [0.5, 0.6) is 0 Å². The molecule has 0 saturated carbocycles. The van der Waals surface area contributed by atoms with Crippen LogP contribution in [0.2, 0.25) is 0 Å². The minimum absolute atomic E-state index is 0.0443. The van der Waals surface area contributed by atoms with Crippen molar-refractivity contribution in [3.63, 3.8) is 0 Å². The van der Waals surface area contributed by atoms with E-state index in [9.17, 15) is 17.6 Å². The highest BCUT2D eigenvalue weighted by Gasteiger charge is 2.26. The summed E-state index contributed by atoms with van der Waals surface area (Å²) in [5.74, 6) is -0.719. The Bertz CT molecular complexity index is 588. The predicted octanol–water partition coefficient (Wildman–Crippen LogP) is 2.39. The highest BCUT2D eigenvalue weighted by molar-refractivity contribution is 7.90. The summed E-state index contributed by atoms with van der Waals surface area (Å²) in [5, 5.41) is 0. The number of carbonyl (C=O) groups is 1. The molecule has 0 atom stereocenters. The first-order chi connectivity index (χ1) is 9.49. The quantitative estimate of drug-likeness (QED) is 0.838. The zero-order chi connectivity index (χ0) is 16.3. The van der Waals surface area contributed by atoms with Crippen molar-refractivity contribution < 1.29 is 17.6 Å². The summed E-state index contributed by atoms with van der Waals surface area (Å²) in [6.45, 7) is 5.98. The average molecular weight is 315 g/mol. The third-order valence-corrected chi connectivity index (χ3v) is 4.00. The van der Waals surface area contributed by atoms with Crippen LogP contribution in [0.1, 0.15) is 32.8 Å². The molecule has 118 valence electrons. The number of amides is 1. The molecular formula is C15H22FNO3S. The largest absolute Gasteiger partial charge is 0.334 e. The SMILES string of the molecule is CC(C)(C)N(Cc1ccc(F)cc1)C(=O)CCS(C)(=O)=O. The van der Waals surface area contributed by atoms with Gasteiger partial charge in [0.25, 0.3) is 0 Å². The summed E-state index contributed by atoms with van der Waals surface area (Å²) in [6.07, 6.45) is 1.07. The average Bonchev–Trinajstić information content (AvgIpc) is 2.33. The van der Waals surface area contributed by atoms with Crippen LogP contribution in [0, 0.1) is 5.82 Å². The fourth-order valence-electron chi connectivity index (χ4n) is 1.88. The molecule has 0 bridgehead atoms. The van der Waals surface area contributed by atoms with E-state index in [1.807, 2.05) is 20.8 Å². The van der Waals surface area contributed by atoms with Crippen LogP contribution in [-0.2, 0) is 21.2 Å². The van der Waals surface area contributed by atoms with Gasteiger partial charge in [-0.3, -0.25) is 4.79 Å². The second-order valence-electron chi connectivity index (χ2n) is 6.16. The fraction of sp³-hybridized carbons (Fsp3) is 0.533.